The zero-order valence-corrected chi connectivity index (χ0v) is 70.3. The lowest BCUT2D eigenvalue weighted by molar-refractivity contribution is 0.590. The number of hydrogen-bond donors (Lipinski definition) is 0. The monoisotopic (exact) mass is 1500 g/mol. The highest BCUT2D eigenvalue weighted by atomic mass is 15.2. The topological polar surface area (TPSA) is 16.3 Å². The lowest BCUT2D eigenvalue weighted by Crippen LogP contribution is -2.62. The van der Waals surface area contributed by atoms with Crippen molar-refractivity contribution in [3.8, 4) is 50.2 Å². The Labute approximate surface area is 687 Å². The molecule has 1 spiro atoms. The molecule has 0 saturated heterocycles. The van der Waals surface area contributed by atoms with Gasteiger partial charge < -0.3 is 18.9 Å². The van der Waals surface area contributed by atoms with Crippen molar-refractivity contribution in [1.29, 1.82) is 0 Å². The van der Waals surface area contributed by atoms with Gasteiger partial charge in [0.05, 0.1) is 16.4 Å². The number of hydrogen-bond acceptors (Lipinski definition) is 2. The first-order chi connectivity index (χ1) is 55.7. The van der Waals surface area contributed by atoms with E-state index < -0.39 is 5.41 Å². The van der Waals surface area contributed by atoms with Gasteiger partial charge in [0.2, 0.25) is 0 Å². The molecule has 4 heterocycles. The van der Waals surface area contributed by atoms with Crippen LogP contribution in [0.2, 0.25) is 0 Å². The highest BCUT2D eigenvalue weighted by molar-refractivity contribution is 7.00. The third kappa shape index (κ3) is 11.7. The Morgan fingerprint density at radius 2 is 0.759 bits per heavy atom. The van der Waals surface area contributed by atoms with Crippen LogP contribution in [0.5, 0.6) is 0 Å². The Bertz CT molecular complexity index is 6570. The molecule has 16 aromatic rings. The van der Waals surface area contributed by atoms with Crippen molar-refractivity contribution < 1.29 is 0 Å². The number of aryl methyl sites for hydroxylation is 3. The van der Waals surface area contributed by atoms with Crippen molar-refractivity contribution in [2.75, 3.05) is 16.3 Å². The van der Waals surface area contributed by atoms with E-state index in [4.69, 9.17) is 0 Å². The van der Waals surface area contributed by atoms with Gasteiger partial charge >= 0.3 is 0 Å². The summed E-state index contributed by atoms with van der Waals surface area (Å²) in [6.07, 6.45) is 2.74. The molecule has 4 nitrogen and oxygen atoms in total. The van der Waals surface area contributed by atoms with Crippen molar-refractivity contribution in [1.82, 2.24) is 9.13 Å². The van der Waals surface area contributed by atoms with Gasteiger partial charge in [-0.2, -0.15) is 0 Å². The lowest BCUT2D eigenvalue weighted by atomic mass is 9.33. The predicted octanol–water partition coefficient (Wildman–Crippen LogP) is 26.6. The van der Waals surface area contributed by atoms with Gasteiger partial charge in [-0.05, 0) is 247 Å². The minimum Gasteiger partial charge on any atom is -0.342 e. The Hall–Kier alpha value is -11.7. The van der Waals surface area contributed by atoms with E-state index in [9.17, 15) is 0 Å². The van der Waals surface area contributed by atoms with E-state index in [-0.39, 0.29) is 33.8 Å². The third-order valence-corrected chi connectivity index (χ3v) is 26.7. The molecule has 0 radical (unpaired) electrons. The molecule has 5 heteroatoms. The molecule has 2 aromatic heterocycles. The Kier molecular flexibility index (Phi) is 16.9. The number of benzene rings is 14. The highest BCUT2D eigenvalue weighted by Gasteiger charge is 2.52. The van der Waals surface area contributed by atoms with E-state index in [0.29, 0.717) is 6.54 Å². The zero-order chi connectivity index (χ0) is 79.9. The van der Waals surface area contributed by atoms with Crippen LogP contribution in [0.15, 0.2) is 291 Å². The van der Waals surface area contributed by atoms with Gasteiger partial charge in [-0.25, -0.2) is 0 Å². The quantitative estimate of drug-likeness (QED) is 0.113. The Morgan fingerprint density at radius 1 is 0.293 bits per heavy atom. The molecule has 4 aliphatic rings. The molecule has 0 unspecified atom stereocenters. The number of rotatable bonds is 12. The summed E-state index contributed by atoms with van der Waals surface area (Å²) in [7, 11) is 0. The largest absolute Gasteiger partial charge is 0.342 e. The van der Waals surface area contributed by atoms with Crippen molar-refractivity contribution in [2.45, 2.75) is 169 Å². The summed E-state index contributed by atoms with van der Waals surface area (Å²) >= 11 is 0. The summed E-state index contributed by atoms with van der Waals surface area (Å²) in [5.74, 6) is 0. The maximum atomic E-state index is 2.80. The molecule has 2 aliphatic heterocycles. The van der Waals surface area contributed by atoms with Crippen LogP contribution < -0.4 is 26.2 Å². The maximum absolute atomic E-state index is 2.80. The second kappa shape index (κ2) is 26.7. The fourth-order valence-corrected chi connectivity index (χ4v) is 20.5. The Morgan fingerprint density at radius 3 is 1.33 bits per heavy atom. The molecule has 0 N–H and O–H groups in total. The first-order valence-corrected chi connectivity index (χ1v) is 42.5. The van der Waals surface area contributed by atoms with Crippen LogP contribution in [0, 0.1) is 0 Å². The fourth-order valence-electron chi connectivity index (χ4n) is 20.5. The van der Waals surface area contributed by atoms with Gasteiger partial charge in [0.25, 0.3) is 6.71 Å². The normalized spacial score (nSPS) is 14.0. The van der Waals surface area contributed by atoms with Crippen molar-refractivity contribution in [3.05, 3.63) is 358 Å². The number of anilines is 4. The summed E-state index contributed by atoms with van der Waals surface area (Å²) in [5, 5.41) is 5.19. The lowest BCUT2D eigenvalue weighted by Gasteiger charge is -2.45. The predicted molar refractivity (Wildman–Crippen MR) is 496 cm³/mol. The van der Waals surface area contributed by atoms with Gasteiger partial charge in [0.15, 0.2) is 0 Å². The molecule has 0 saturated carbocycles. The zero-order valence-electron chi connectivity index (χ0n) is 70.3. The van der Waals surface area contributed by atoms with E-state index in [1.54, 1.807) is 0 Å². The molecule has 20 rings (SSSR count). The molecular formula is C111H105BN4. The van der Waals surface area contributed by atoms with Crippen LogP contribution in [-0.4, -0.2) is 22.4 Å². The summed E-state index contributed by atoms with van der Waals surface area (Å²) < 4.78 is 5.25. The second-order valence-corrected chi connectivity index (χ2v) is 39.1. The average Bonchev–Trinajstić information content (AvgIpc) is 1.48. The van der Waals surface area contributed by atoms with Gasteiger partial charge in [-0.3, -0.25) is 0 Å². The van der Waals surface area contributed by atoms with E-state index in [1.807, 2.05) is 0 Å². The van der Waals surface area contributed by atoms with Gasteiger partial charge in [0.1, 0.15) is 0 Å². The van der Waals surface area contributed by atoms with Crippen molar-refractivity contribution >= 4 is 89.5 Å². The first kappa shape index (κ1) is 73.2. The van der Waals surface area contributed by atoms with Crippen LogP contribution >= 0.6 is 0 Å². The van der Waals surface area contributed by atoms with Gasteiger partial charge in [0, 0.05) is 80.6 Å². The molecule has 0 fully saturated rings. The number of fused-ring (bicyclic) bond motifs is 20. The van der Waals surface area contributed by atoms with Gasteiger partial charge in [-0.1, -0.05) is 322 Å². The summed E-state index contributed by atoms with van der Waals surface area (Å²) in [6.45, 7) is 37.6. The average molecular weight is 1510 g/mol. The van der Waals surface area contributed by atoms with Crippen LogP contribution in [0.25, 0.3) is 93.8 Å². The molecule has 2 aliphatic carbocycles. The van der Waals surface area contributed by atoms with E-state index in [2.05, 4.69) is 414 Å². The molecule has 0 atom stereocenters. The number of aromatic nitrogens is 2. The van der Waals surface area contributed by atoms with Crippen molar-refractivity contribution in [3.63, 3.8) is 0 Å². The highest BCUT2D eigenvalue weighted by Crippen LogP contribution is 2.64. The molecule has 0 amide bonds. The van der Waals surface area contributed by atoms with Crippen LogP contribution in [-0.2, 0) is 58.4 Å². The standard InChI is InChI=1S/C111H105BN4/c1-106(2,3)75-47-45-73(85(60-75)71-31-18-16-19-32-71)35-30-57-113-101-59-70(56-58-114-97-54-49-77(108(7,8)9)62-88(97)89-63-78(109(10,11)12)50-55-98(89)114)44-52-95(101)112-96-53-51-80(66-102(96)115(104-65-79(110(13,14)15)64-103(113)105(104)112)69-74-46-48-76(107(4,5)6)61-86(74)72-33-20-17-21-34-72)116-99-43-29-25-39-84(99)90-67-87-83-38-24-28-42-93(83)111(94(87)68-100(90)116)91-40-26-22-36-81(91)82-37-23-27-41-92(82)111/h16-29,31-34,36-55,59-68H,30,35,56-58,69H2,1-15H3. The first-order valence-electron chi connectivity index (χ1n) is 42.5. The van der Waals surface area contributed by atoms with E-state index in [1.165, 1.54) is 194 Å². The van der Waals surface area contributed by atoms with Crippen LogP contribution in [0.1, 0.15) is 177 Å². The van der Waals surface area contributed by atoms with Crippen LogP contribution in [0.3, 0.4) is 0 Å². The van der Waals surface area contributed by atoms with E-state index in [0.717, 1.165) is 38.0 Å². The molecule has 572 valence electrons. The summed E-state index contributed by atoms with van der Waals surface area (Å²) in [5.41, 5.74) is 41.1. The molecule has 14 aromatic carbocycles. The summed E-state index contributed by atoms with van der Waals surface area (Å²) in [6, 6.07) is 114. The number of nitrogens with zero attached hydrogens (tertiary/aromatic N) is 4. The SMILES string of the molecule is CC(C)(C)c1ccc(CCCN2c3cc(CCn4c5ccc(C(C)(C)C)cc5c5cc(C(C)(C)C)ccc54)ccc3B3c4ccc(-n5c6ccccc6c6cc7c(cc65)C5(c6ccccc6-c6ccccc65)c5ccccc5-7)cc4N(Cc4ccc(C(C)(C)C)cc4-c4ccccc4)c4cc(C(C)(C)C)cc2c43)c(-c2ccccc2)c1. The smallest absolute Gasteiger partial charge is 0.252 e. The fraction of sp³-hybridized carbons (Fsp3) is 0.243. The summed E-state index contributed by atoms with van der Waals surface area (Å²) in [4.78, 5) is 5.57. The maximum Gasteiger partial charge on any atom is 0.252 e. The minimum atomic E-state index is -0.505. The molecular weight excluding hydrogens is 1400 g/mol. The number of para-hydroxylation sites is 1. The Balaban J connectivity index is 0.807. The molecule has 116 heavy (non-hydrogen) atoms. The third-order valence-electron chi connectivity index (χ3n) is 26.7. The van der Waals surface area contributed by atoms with E-state index >= 15 is 0 Å². The van der Waals surface area contributed by atoms with Gasteiger partial charge in [-0.15, -0.1) is 0 Å². The van der Waals surface area contributed by atoms with Crippen molar-refractivity contribution in [2.24, 2.45) is 0 Å². The van der Waals surface area contributed by atoms with Crippen LogP contribution in [0.4, 0.5) is 22.7 Å². The second-order valence-electron chi connectivity index (χ2n) is 39.1. The molecule has 0 bridgehead atoms. The minimum absolute atomic E-state index is 0.00470.